The summed E-state index contributed by atoms with van der Waals surface area (Å²) in [5.41, 5.74) is 1.95. The molecule has 0 amide bonds. The molecule has 3 rings (SSSR count). The minimum absolute atomic E-state index is 0. The average Bonchev–Trinajstić information content (AvgIpc) is 3.14. The van der Waals surface area contributed by atoms with Crippen LogP contribution in [-0.4, -0.2) is 37.4 Å². The van der Waals surface area contributed by atoms with Crippen molar-refractivity contribution in [3.8, 4) is 5.69 Å². The third-order valence-electron chi connectivity index (χ3n) is 3.62. The fraction of sp³-hybridized carbons (Fsp3) is 0.235. The summed E-state index contributed by atoms with van der Waals surface area (Å²) in [4.78, 5) is 10.4. The number of nitrogens with one attached hydrogen (secondary N) is 1. The van der Waals surface area contributed by atoms with Gasteiger partial charge in [-0.2, -0.15) is 4.68 Å². The van der Waals surface area contributed by atoms with E-state index >= 15 is 0 Å². The lowest BCUT2D eigenvalue weighted by molar-refractivity contribution is -0.384. The Labute approximate surface area is 166 Å². The first-order valence-electron chi connectivity index (χ1n) is 8.15. The molecule has 8 nitrogen and oxygen atoms in total. The number of thioether (sulfide) groups is 1. The fourth-order valence-electron chi connectivity index (χ4n) is 2.37. The van der Waals surface area contributed by atoms with Crippen molar-refractivity contribution in [3.05, 3.63) is 70.3 Å². The highest BCUT2D eigenvalue weighted by atomic mass is 35.5. The largest absolute Gasteiger partial charge is 1.00 e. The maximum atomic E-state index is 10.8. The molecule has 0 spiro atoms. The number of nitro groups is 1. The van der Waals surface area contributed by atoms with Crippen LogP contribution in [0.4, 0.5) is 5.69 Å². The van der Waals surface area contributed by atoms with Crippen LogP contribution in [-0.2, 0) is 6.54 Å². The van der Waals surface area contributed by atoms with E-state index in [2.05, 4.69) is 20.8 Å². The Hall–Kier alpha value is -2.49. The van der Waals surface area contributed by atoms with Crippen molar-refractivity contribution >= 4 is 17.4 Å². The molecule has 10 heteroatoms. The van der Waals surface area contributed by atoms with E-state index in [4.69, 9.17) is 0 Å². The molecule has 0 aliphatic rings. The molecular weight excluding hydrogens is 388 g/mol. The van der Waals surface area contributed by atoms with Crippen LogP contribution in [0, 0.1) is 10.1 Å². The van der Waals surface area contributed by atoms with Crippen molar-refractivity contribution in [2.45, 2.75) is 18.1 Å². The molecule has 0 aliphatic heterocycles. The highest BCUT2D eigenvalue weighted by Crippen LogP contribution is 2.18. The van der Waals surface area contributed by atoms with Crippen LogP contribution < -0.4 is 17.7 Å². The molecule has 142 valence electrons. The van der Waals surface area contributed by atoms with Gasteiger partial charge in [0.1, 0.15) is 0 Å². The molecule has 27 heavy (non-hydrogen) atoms. The molecule has 0 aliphatic carbocycles. The highest BCUT2D eigenvalue weighted by Gasteiger charge is 2.08. The van der Waals surface area contributed by atoms with E-state index in [-0.39, 0.29) is 23.0 Å². The SMILES string of the molecule is O=[N+]([O-])c1cccc(CNCCCSc2nnnn2-c2ccccc2)c1.[Cl-]. The normalized spacial score (nSPS) is 10.4. The minimum Gasteiger partial charge on any atom is -1.00 e. The Bertz CT molecular complexity index is 861. The van der Waals surface area contributed by atoms with Gasteiger partial charge in [0.2, 0.25) is 5.16 Å². The van der Waals surface area contributed by atoms with Crippen LogP contribution in [0.25, 0.3) is 5.69 Å². The molecule has 1 aromatic heterocycles. The van der Waals surface area contributed by atoms with Crippen LogP contribution in [0.2, 0.25) is 0 Å². The molecule has 0 saturated carbocycles. The molecule has 0 atom stereocenters. The Morgan fingerprint density at radius 3 is 2.74 bits per heavy atom. The Morgan fingerprint density at radius 2 is 1.96 bits per heavy atom. The molecule has 1 N–H and O–H groups in total. The molecule has 3 aromatic rings. The quantitative estimate of drug-likeness (QED) is 0.229. The van der Waals surface area contributed by atoms with Gasteiger partial charge in [0.25, 0.3) is 5.69 Å². The summed E-state index contributed by atoms with van der Waals surface area (Å²) in [7, 11) is 0. The first-order chi connectivity index (χ1) is 12.7. The summed E-state index contributed by atoms with van der Waals surface area (Å²) in [6.07, 6.45) is 0.932. The van der Waals surface area contributed by atoms with Gasteiger partial charge in [-0.3, -0.25) is 10.1 Å². The van der Waals surface area contributed by atoms with Crippen LogP contribution in [0.15, 0.2) is 59.8 Å². The maximum Gasteiger partial charge on any atom is 0.269 e. The van der Waals surface area contributed by atoms with Gasteiger partial charge in [-0.05, 0) is 41.1 Å². The van der Waals surface area contributed by atoms with Crippen molar-refractivity contribution in [1.82, 2.24) is 25.5 Å². The molecule has 1 heterocycles. The number of nitro benzene ring substituents is 1. The Morgan fingerprint density at radius 1 is 1.15 bits per heavy atom. The van der Waals surface area contributed by atoms with E-state index in [9.17, 15) is 10.1 Å². The smallest absolute Gasteiger partial charge is 0.269 e. The number of aromatic nitrogens is 4. The number of tetrazole rings is 1. The summed E-state index contributed by atoms with van der Waals surface area (Å²) < 4.78 is 1.72. The van der Waals surface area contributed by atoms with Gasteiger partial charge in [-0.15, -0.1) is 5.10 Å². The average molecular weight is 406 g/mol. The lowest BCUT2D eigenvalue weighted by atomic mass is 10.2. The predicted octanol–water partition coefficient (Wildman–Crippen LogP) is -0.153. The Balaban J connectivity index is 0.00000261. The van der Waals surface area contributed by atoms with E-state index in [0.29, 0.717) is 6.54 Å². The lowest BCUT2D eigenvalue weighted by Gasteiger charge is -2.06. The van der Waals surface area contributed by atoms with Crippen LogP contribution >= 0.6 is 11.8 Å². The molecular formula is C17H18ClN6O2S-. The number of rotatable bonds is 9. The van der Waals surface area contributed by atoms with Gasteiger partial charge in [0.15, 0.2) is 0 Å². The van der Waals surface area contributed by atoms with Crippen LogP contribution in [0.5, 0.6) is 0 Å². The zero-order valence-corrected chi connectivity index (χ0v) is 15.9. The summed E-state index contributed by atoms with van der Waals surface area (Å²) in [6, 6.07) is 16.4. The second-order valence-corrected chi connectivity index (χ2v) is 6.58. The topological polar surface area (TPSA) is 98.8 Å². The van der Waals surface area contributed by atoms with E-state index in [0.717, 1.165) is 35.1 Å². The molecule has 2 aromatic carbocycles. The van der Waals surface area contributed by atoms with Crippen molar-refractivity contribution < 1.29 is 17.3 Å². The third kappa shape index (κ3) is 6.02. The van der Waals surface area contributed by atoms with Gasteiger partial charge >= 0.3 is 0 Å². The first kappa shape index (κ1) is 20.8. The lowest BCUT2D eigenvalue weighted by Crippen LogP contribution is -3.00. The van der Waals surface area contributed by atoms with Gasteiger partial charge < -0.3 is 17.7 Å². The number of para-hydroxylation sites is 1. The van der Waals surface area contributed by atoms with E-state index in [1.165, 1.54) is 6.07 Å². The Kier molecular flexibility index (Phi) is 8.18. The minimum atomic E-state index is -0.378. The van der Waals surface area contributed by atoms with Crippen molar-refractivity contribution in [1.29, 1.82) is 0 Å². The van der Waals surface area contributed by atoms with Crippen LogP contribution in [0.3, 0.4) is 0 Å². The number of hydrogen-bond acceptors (Lipinski definition) is 7. The van der Waals surface area contributed by atoms with E-state index in [1.54, 1.807) is 28.6 Å². The number of non-ortho nitro benzene ring substituents is 1. The van der Waals surface area contributed by atoms with Gasteiger partial charge in [0, 0.05) is 24.4 Å². The fourth-order valence-corrected chi connectivity index (χ4v) is 3.20. The second kappa shape index (κ2) is 10.6. The molecule has 0 saturated heterocycles. The molecule has 0 unspecified atom stereocenters. The summed E-state index contributed by atoms with van der Waals surface area (Å²) in [5.74, 6) is 0.870. The van der Waals surface area contributed by atoms with Crippen molar-refractivity contribution in [2.24, 2.45) is 0 Å². The van der Waals surface area contributed by atoms with E-state index < -0.39 is 0 Å². The van der Waals surface area contributed by atoms with Gasteiger partial charge in [0.05, 0.1) is 10.6 Å². The van der Waals surface area contributed by atoms with Crippen molar-refractivity contribution in [2.75, 3.05) is 12.3 Å². The van der Waals surface area contributed by atoms with Gasteiger partial charge in [-0.1, -0.05) is 42.1 Å². The number of hydrogen-bond donors (Lipinski definition) is 1. The van der Waals surface area contributed by atoms with Crippen LogP contribution in [0.1, 0.15) is 12.0 Å². The number of benzene rings is 2. The monoisotopic (exact) mass is 405 g/mol. The van der Waals surface area contributed by atoms with Gasteiger partial charge in [-0.25, -0.2) is 0 Å². The molecule has 0 radical (unpaired) electrons. The summed E-state index contributed by atoms with van der Waals surface area (Å²) in [6.45, 7) is 1.41. The standard InChI is InChI=1S/C17H18N6O2S.ClH/c24-23(25)16-9-4-6-14(12-16)13-18-10-5-11-26-17-19-20-21-22(17)15-7-2-1-3-8-15;/h1-4,6-9,12,18H,5,10-11,13H2;1H/p-1. The number of halogens is 1. The molecule has 0 fully saturated rings. The van der Waals surface area contributed by atoms with E-state index in [1.807, 2.05) is 36.4 Å². The summed E-state index contributed by atoms with van der Waals surface area (Å²) >= 11 is 1.60. The summed E-state index contributed by atoms with van der Waals surface area (Å²) in [5, 5.41) is 26.7. The third-order valence-corrected chi connectivity index (χ3v) is 4.63. The predicted molar refractivity (Wildman–Crippen MR) is 99.3 cm³/mol. The molecule has 0 bridgehead atoms. The highest BCUT2D eigenvalue weighted by molar-refractivity contribution is 7.99. The second-order valence-electron chi connectivity index (χ2n) is 5.51. The number of nitrogens with zero attached hydrogens (tertiary/aromatic N) is 5. The first-order valence-corrected chi connectivity index (χ1v) is 9.13. The van der Waals surface area contributed by atoms with Crippen molar-refractivity contribution in [3.63, 3.8) is 0 Å². The zero-order valence-electron chi connectivity index (χ0n) is 14.4. The maximum absolute atomic E-state index is 10.8. The zero-order chi connectivity index (χ0) is 18.2.